The standard InChI is InChI=1S/C26H28F2N4O3/c1-14-8-20(16(3)29-21-7-5-4-6-19(21)25(34)35)23-30-22(15(2)24(33)32(23)11-14)31-12-17-9-26(27,28)10-18(17)13-31/h4-8,11,16-18,29H,9-10,12-13H2,1-3H3,(H,34,35)/t16-,17?,18?/m1/s1. The maximum atomic E-state index is 13.9. The summed E-state index contributed by atoms with van der Waals surface area (Å²) in [6, 6.07) is 8.23. The first-order valence-corrected chi connectivity index (χ1v) is 11.8. The maximum absolute atomic E-state index is 13.9. The normalized spacial score (nSPS) is 21.8. The van der Waals surface area contributed by atoms with Crippen molar-refractivity contribution in [3.8, 4) is 0 Å². The number of halogens is 2. The second-order valence-corrected chi connectivity index (χ2v) is 9.94. The highest BCUT2D eigenvalue weighted by Crippen LogP contribution is 2.47. The van der Waals surface area contributed by atoms with Crippen molar-refractivity contribution in [2.45, 2.75) is 45.6 Å². The van der Waals surface area contributed by atoms with Crippen molar-refractivity contribution in [2.75, 3.05) is 23.3 Å². The molecule has 2 unspecified atom stereocenters. The van der Waals surface area contributed by atoms with Crippen LogP contribution < -0.4 is 15.8 Å². The van der Waals surface area contributed by atoms with Gasteiger partial charge in [-0.05, 0) is 56.4 Å². The number of carbonyl (C=O) groups is 1. The molecular weight excluding hydrogens is 454 g/mol. The van der Waals surface area contributed by atoms with Gasteiger partial charge < -0.3 is 15.3 Å². The molecule has 184 valence electrons. The Labute approximate surface area is 201 Å². The zero-order valence-corrected chi connectivity index (χ0v) is 19.9. The highest BCUT2D eigenvalue weighted by molar-refractivity contribution is 5.94. The molecule has 0 bridgehead atoms. The number of carboxylic acid groups (broad SMARTS) is 1. The average Bonchev–Trinajstić information content (AvgIpc) is 3.29. The number of benzene rings is 1. The fourth-order valence-corrected chi connectivity index (χ4v) is 5.64. The monoisotopic (exact) mass is 482 g/mol. The Balaban J connectivity index is 1.55. The van der Waals surface area contributed by atoms with E-state index < -0.39 is 11.9 Å². The van der Waals surface area contributed by atoms with Gasteiger partial charge in [0.15, 0.2) is 0 Å². The van der Waals surface area contributed by atoms with Crippen molar-refractivity contribution >= 4 is 23.1 Å². The molecule has 5 rings (SSSR count). The molecule has 2 N–H and O–H groups in total. The molecule has 2 aliphatic rings. The number of nitrogens with zero attached hydrogens (tertiary/aromatic N) is 3. The van der Waals surface area contributed by atoms with Crippen LogP contribution in [0.3, 0.4) is 0 Å². The van der Waals surface area contributed by atoms with Crippen molar-refractivity contribution in [3.05, 3.63) is 69.1 Å². The average molecular weight is 483 g/mol. The molecule has 2 fully saturated rings. The SMILES string of the molecule is Cc1cc([C@@H](C)Nc2ccccc2C(=O)O)c2nc(N3CC4CC(F)(F)CC4C3)c(C)c(=O)n2c1. The van der Waals surface area contributed by atoms with Crippen LogP contribution >= 0.6 is 0 Å². The minimum absolute atomic E-state index is 0.102. The third kappa shape index (κ3) is 4.13. The fourth-order valence-electron chi connectivity index (χ4n) is 5.64. The minimum Gasteiger partial charge on any atom is -0.478 e. The Morgan fingerprint density at radius 1 is 1.20 bits per heavy atom. The van der Waals surface area contributed by atoms with Crippen LogP contribution in [0.1, 0.15) is 52.9 Å². The van der Waals surface area contributed by atoms with Crippen LogP contribution in [0.2, 0.25) is 0 Å². The Kier molecular flexibility index (Phi) is 5.53. The van der Waals surface area contributed by atoms with Gasteiger partial charge in [-0.3, -0.25) is 9.20 Å². The Morgan fingerprint density at radius 3 is 2.51 bits per heavy atom. The summed E-state index contributed by atoms with van der Waals surface area (Å²) in [5.74, 6) is -3.31. The molecule has 1 aliphatic carbocycles. The predicted octanol–water partition coefficient (Wildman–Crippen LogP) is 4.66. The smallest absolute Gasteiger partial charge is 0.337 e. The van der Waals surface area contributed by atoms with Crippen molar-refractivity contribution in [1.29, 1.82) is 0 Å². The number of anilines is 2. The number of rotatable bonds is 5. The van der Waals surface area contributed by atoms with Gasteiger partial charge in [0.1, 0.15) is 11.5 Å². The first-order chi connectivity index (χ1) is 16.5. The molecule has 3 heterocycles. The summed E-state index contributed by atoms with van der Waals surface area (Å²) in [6.07, 6.45) is 1.50. The van der Waals surface area contributed by atoms with Gasteiger partial charge in [-0.2, -0.15) is 0 Å². The number of pyridine rings is 1. The Bertz CT molecular complexity index is 1370. The second kappa shape index (κ2) is 8.32. The van der Waals surface area contributed by atoms with Gasteiger partial charge >= 0.3 is 5.97 Å². The molecule has 1 saturated carbocycles. The molecule has 1 aromatic carbocycles. The molecule has 9 heteroatoms. The van der Waals surface area contributed by atoms with E-state index in [4.69, 9.17) is 4.98 Å². The first kappa shape index (κ1) is 23.3. The van der Waals surface area contributed by atoms with Gasteiger partial charge in [0, 0.05) is 43.4 Å². The van der Waals surface area contributed by atoms with Gasteiger partial charge in [-0.1, -0.05) is 12.1 Å². The van der Waals surface area contributed by atoms with E-state index in [1.54, 1.807) is 31.3 Å². The molecule has 3 atom stereocenters. The summed E-state index contributed by atoms with van der Waals surface area (Å²) in [5, 5.41) is 12.8. The lowest BCUT2D eigenvalue weighted by molar-refractivity contribution is 0.00171. The summed E-state index contributed by atoms with van der Waals surface area (Å²) in [5.41, 5.74) is 2.99. The van der Waals surface area contributed by atoms with Crippen molar-refractivity contribution in [3.63, 3.8) is 0 Å². The number of hydrogen-bond donors (Lipinski definition) is 2. The van der Waals surface area contributed by atoms with Crippen LogP contribution in [-0.4, -0.2) is 39.5 Å². The van der Waals surface area contributed by atoms with Crippen molar-refractivity contribution in [2.24, 2.45) is 11.8 Å². The van der Waals surface area contributed by atoms with Gasteiger partial charge in [-0.15, -0.1) is 0 Å². The number of hydrogen-bond acceptors (Lipinski definition) is 5. The van der Waals surface area contributed by atoms with Gasteiger partial charge in [-0.25, -0.2) is 18.6 Å². The number of aromatic nitrogens is 2. The molecule has 3 aromatic rings. The molecule has 35 heavy (non-hydrogen) atoms. The highest BCUT2D eigenvalue weighted by atomic mass is 19.3. The van der Waals surface area contributed by atoms with Gasteiger partial charge in [0.25, 0.3) is 5.56 Å². The molecule has 1 aliphatic heterocycles. The molecule has 7 nitrogen and oxygen atoms in total. The lowest BCUT2D eigenvalue weighted by atomic mass is 10.0. The number of carboxylic acids is 1. The number of aromatic carboxylic acids is 1. The zero-order chi connectivity index (χ0) is 25.1. The molecule has 0 spiro atoms. The van der Waals surface area contributed by atoms with E-state index in [1.807, 2.05) is 24.8 Å². The third-order valence-corrected chi connectivity index (χ3v) is 7.28. The number of aryl methyl sites for hydroxylation is 1. The summed E-state index contributed by atoms with van der Waals surface area (Å²) < 4.78 is 29.2. The number of fused-ring (bicyclic) bond motifs is 2. The third-order valence-electron chi connectivity index (χ3n) is 7.28. The van der Waals surface area contributed by atoms with E-state index in [1.165, 1.54) is 10.5 Å². The van der Waals surface area contributed by atoms with E-state index in [0.29, 0.717) is 35.8 Å². The van der Waals surface area contributed by atoms with Crippen LogP contribution in [0, 0.1) is 25.7 Å². The van der Waals surface area contributed by atoms with Crippen LogP contribution in [-0.2, 0) is 0 Å². The van der Waals surface area contributed by atoms with Crippen LogP contribution in [0.25, 0.3) is 5.65 Å². The Morgan fingerprint density at radius 2 is 1.86 bits per heavy atom. The molecule has 0 amide bonds. The maximum Gasteiger partial charge on any atom is 0.337 e. The van der Waals surface area contributed by atoms with Crippen molar-refractivity contribution in [1.82, 2.24) is 9.38 Å². The van der Waals surface area contributed by atoms with Gasteiger partial charge in [0.2, 0.25) is 5.92 Å². The number of para-hydroxylation sites is 1. The molecule has 0 radical (unpaired) electrons. The zero-order valence-electron chi connectivity index (χ0n) is 19.9. The summed E-state index contributed by atoms with van der Waals surface area (Å²) in [6.45, 7) is 6.43. The highest BCUT2D eigenvalue weighted by Gasteiger charge is 2.50. The van der Waals surface area contributed by atoms with E-state index >= 15 is 0 Å². The van der Waals surface area contributed by atoms with Crippen LogP contribution in [0.5, 0.6) is 0 Å². The lowest BCUT2D eigenvalue weighted by Gasteiger charge is -2.24. The largest absolute Gasteiger partial charge is 0.478 e. The van der Waals surface area contributed by atoms with E-state index in [2.05, 4.69) is 5.32 Å². The topological polar surface area (TPSA) is 86.9 Å². The quantitative estimate of drug-likeness (QED) is 0.550. The summed E-state index contributed by atoms with van der Waals surface area (Å²) >= 11 is 0. The number of alkyl halides is 2. The fraction of sp³-hybridized carbons (Fsp3) is 0.423. The van der Waals surface area contributed by atoms with Crippen molar-refractivity contribution < 1.29 is 18.7 Å². The van der Waals surface area contributed by atoms with Gasteiger partial charge in [0.05, 0.1) is 17.2 Å². The number of nitrogens with one attached hydrogen (secondary N) is 1. The van der Waals surface area contributed by atoms with Crippen LogP contribution in [0.15, 0.2) is 41.3 Å². The predicted molar refractivity (Wildman–Crippen MR) is 130 cm³/mol. The van der Waals surface area contributed by atoms with Crippen LogP contribution in [0.4, 0.5) is 20.3 Å². The van der Waals surface area contributed by atoms with E-state index in [9.17, 15) is 23.5 Å². The summed E-state index contributed by atoms with van der Waals surface area (Å²) in [4.78, 5) is 31.9. The first-order valence-electron chi connectivity index (χ1n) is 11.8. The molecular formula is C26H28F2N4O3. The second-order valence-electron chi connectivity index (χ2n) is 9.94. The Hall–Kier alpha value is -3.49. The van der Waals surface area contributed by atoms with E-state index in [-0.39, 0.29) is 41.8 Å². The van der Waals surface area contributed by atoms with E-state index in [0.717, 1.165) is 11.1 Å². The molecule has 2 aromatic heterocycles. The summed E-state index contributed by atoms with van der Waals surface area (Å²) in [7, 11) is 0. The molecule has 1 saturated heterocycles. The lowest BCUT2D eigenvalue weighted by Crippen LogP contribution is -2.30. The minimum atomic E-state index is -2.61.